The lowest BCUT2D eigenvalue weighted by molar-refractivity contribution is 0.527. The highest BCUT2D eigenvalue weighted by Crippen LogP contribution is 2.31. The molecule has 0 aliphatic heterocycles. The van der Waals surface area contributed by atoms with Crippen LogP contribution in [0.15, 0.2) is 30.3 Å². The second kappa shape index (κ2) is 7.78. The fourth-order valence-electron chi connectivity index (χ4n) is 1.94. The molecule has 2 heteroatoms. The van der Waals surface area contributed by atoms with Crippen molar-refractivity contribution in [1.82, 2.24) is 0 Å². The third-order valence-corrected chi connectivity index (χ3v) is 4.75. The van der Waals surface area contributed by atoms with Gasteiger partial charge in [-0.15, -0.1) is 0 Å². The minimum Gasteiger partial charge on any atom is -0.323 e. The summed E-state index contributed by atoms with van der Waals surface area (Å²) < 4.78 is 0. The van der Waals surface area contributed by atoms with Crippen LogP contribution in [0.25, 0.3) is 0 Å². The quantitative estimate of drug-likeness (QED) is 0.733. The van der Waals surface area contributed by atoms with E-state index in [1.807, 2.05) is 17.8 Å². The molecule has 0 aromatic heterocycles. The van der Waals surface area contributed by atoms with Crippen LogP contribution >= 0.6 is 11.8 Å². The zero-order valence-corrected chi connectivity index (χ0v) is 12.0. The van der Waals surface area contributed by atoms with Gasteiger partial charge in [0.05, 0.1) is 0 Å². The number of hydrogen-bond acceptors (Lipinski definition) is 2. The van der Waals surface area contributed by atoms with Gasteiger partial charge >= 0.3 is 0 Å². The molecule has 0 heterocycles. The molecule has 1 rings (SSSR count). The maximum atomic E-state index is 6.40. The molecule has 0 amide bonds. The Bertz CT molecular complexity index is 297. The average Bonchev–Trinajstić information content (AvgIpc) is 2.34. The molecular formula is C15H25NS. The maximum Gasteiger partial charge on any atom is 0.0418 e. The number of unbranched alkanes of at least 4 members (excludes halogenated alkanes) is 1. The Balaban J connectivity index is 2.63. The van der Waals surface area contributed by atoms with Crippen molar-refractivity contribution in [2.75, 3.05) is 5.75 Å². The monoisotopic (exact) mass is 251 g/mol. The first kappa shape index (κ1) is 14.6. The molecule has 0 saturated heterocycles. The number of rotatable bonds is 7. The van der Waals surface area contributed by atoms with Crippen LogP contribution in [0.3, 0.4) is 0 Å². The summed E-state index contributed by atoms with van der Waals surface area (Å²) in [7, 11) is 0. The molecule has 1 aromatic carbocycles. The normalized spacial score (nSPS) is 14.9. The minimum absolute atomic E-state index is 0.151. The van der Waals surface area contributed by atoms with E-state index in [-0.39, 0.29) is 6.04 Å². The van der Waals surface area contributed by atoms with Crippen molar-refractivity contribution in [2.45, 2.75) is 44.9 Å². The molecule has 2 atom stereocenters. The summed E-state index contributed by atoms with van der Waals surface area (Å²) >= 11 is 2.03. The topological polar surface area (TPSA) is 26.0 Å². The molecule has 0 aliphatic carbocycles. The molecule has 17 heavy (non-hydrogen) atoms. The van der Waals surface area contributed by atoms with Gasteiger partial charge in [-0.25, -0.2) is 0 Å². The van der Waals surface area contributed by atoms with Gasteiger partial charge in [-0.1, -0.05) is 57.5 Å². The Morgan fingerprint density at radius 2 is 1.82 bits per heavy atom. The molecule has 1 nitrogen and oxygen atoms in total. The predicted molar refractivity (Wildman–Crippen MR) is 79.4 cm³/mol. The first-order chi connectivity index (χ1) is 8.16. The molecule has 0 spiro atoms. The lowest BCUT2D eigenvalue weighted by Crippen LogP contribution is -2.28. The molecule has 1 aromatic rings. The van der Waals surface area contributed by atoms with Crippen LogP contribution in [0.2, 0.25) is 0 Å². The highest BCUT2D eigenvalue weighted by atomic mass is 32.2. The summed E-state index contributed by atoms with van der Waals surface area (Å²) in [6.45, 7) is 6.78. The Hall–Kier alpha value is -0.470. The van der Waals surface area contributed by atoms with Gasteiger partial charge < -0.3 is 5.73 Å². The SMILES string of the molecule is CCCCSC(C(C)C)C(N)c1ccccc1. The third kappa shape index (κ3) is 4.72. The summed E-state index contributed by atoms with van der Waals surface area (Å²) in [5, 5.41) is 0.518. The molecule has 2 unspecified atom stereocenters. The van der Waals surface area contributed by atoms with E-state index in [4.69, 9.17) is 5.73 Å². The van der Waals surface area contributed by atoms with Gasteiger partial charge in [0.15, 0.2) is 0 Å². The van der Waals surface area contributed by atoms with Crippen LogP contribution < -0.4 is 5.73 Å². The van der Waals surface area contributed by atoms with E-state index >= 15 is 0 Å². The number of nitrogens with two attached hydrogens (primary N) is 1. The largest absolute Gasteiger partial charge is 0.323 e. The molecule has 96 valence electrons. The Morgan fingerprint density at radius 1 is 1.18 bits per heavy atom. The molecule has 0 fully saturated rings. The van der Waals surface area contributed by atoms with E-state index in [2.05, 4.69) is 45.0 Å². The van der Waals surface area contributed by atoms with Crippen LogP contribution in [0, 0.1) is 5.92 Å². The van der Waals surface area contributed by atoms with Crippen molar-refractivity contribution >= 4 is 11.8 Å². The highest BCUT2D eigenvalue weighted by Gasteiger charge is 2.22. The lowest BCUT2D eigenvalue weighted by Gasteiger charge is -2.27. The van der Waals surface area contributed by atoms with Gasteiger partial charge in [0.1, 0.15) is 0 Å². The van der Waals surface area contributed by atoms with Gasteiger partial charge in [-0.3, -0.25) is 0 Å². The number of hydrogen-bond donors (Lipinski definition) is 1. The van der Waals surface area contributed by atoms with E-state index in [1.165, 1.54) is 24.2 Å². The van der Waals surface area contributed by atoms with Crippen LogP contribution in [-0.4, -0.2) is 11.0 Å². The van der Waals surface area contributed by atoms with Crippen LogP contribution in [0.1, 0.15) is 45.2 Å². The summed E-state index contributed by atoms with van der Waals surface area (Å²) in [4.78, 5) is 0. The molecule has 0 saturated carbocycles. The number of benzene rings is 1. The average molecular weight is 251 g/mol. The zero-order chi connectivity index (χ0) is 12.7. The summed E-state index contributed by atoms with van der Waals surface area (Å²) in [5.41, 5.74) is 7.66. The minimum atomic E-state index is 0.151. The smallest absolute Gasteiger partial charge is 0.0418 e. The van der Waals surface area contributed by atoms with Gasteiger partial charge in [0, 0.05) is 11.3 Å². The summed E-state index contributed by atoms with van der Waals surface area (Å²) in [5.74, 6) is 1.84. The van der Waals surface area contributed by atoms with Crippen LogP contribution in [0.4, 0.5) is 0 Å². The molecule has 2 N–H and O–H groups in total. The standard InChI is InChI=1S/C15H25NS/c1-4-5-11-17-15(12(2)3)14(16)13-9-7-6-8-10-13/h6-10,12,14-15H,4-5,11,16H2,1-3H3. The van der Waals surface area contributed by atoms with Crippen molar-refractivity contribution in [1.29, 1.82) is 0 Å². The van der Waals surface area contributed by atoms with Gasteiger partial charge in [0.25, 0.3) is 0 Å². The van der Waals surface area contributed by atoms with Crippen molar-refractivity contribution in [2.24, 2.45) is 11.7 Å². The fraction of sp³-hybridized carbons (Fsp3) is 0.600. The molecule has 0 aliphatic rings. The molecule has 0 bridgehead atoms. The number of thioether (sulfide) groups is 1. The maximum absolute atomic E-state index is 6.40. The van der Waals surface area contributed by atoms with Gasteiger partial charge in [0.2, 0.25) is 0 Å². The van der Waals surface area contributed by atoms with Gasteiger partial charge in [-0.2, -0.15) is 11.8 Å². The van der Waals surface area contributed by atoms with Crippen molar-refractivity contribution in [3.05, 3.63) is 35.9 Å². The zero-order valence-electron chi connectivity index (χ0n) is 11.2. The summed E-state index contributed by atoms with van der Waals surface area (Å²) in [6.07, 6.45) is 2.55. The fourth-order valence-corrected chi connectivity index (χ4v) is 3.42. The first-order valence-corrected chi connectivity index (χ1v) is 7.63. The van der Waals surface area contributed by atoms with Crippen LogP contribution in [0.5, 0.6) is 0 Å². The van der Waals surface area contributed by atoms with E-state index in [9.17, 15) is 0 Å². The second-order valence-electron chi connectivity index (χ2n) is 4.87. The Kier molecular flexibility index (Phi) is 6.68. The van der Waals surface area contributed by atoms with E-state index in [0.717, 1.165) is 0 Å². The Labute approximate surface area is 110 Å². The third-order valence-electron chi connectivity index (χ3n) is 3.00. The van der Waals surface area contributed by atoms with E-state index in [0.29, 0.717) is 11.2 Å². The van der Waals surface area contributed by atoms with Crippen molar-refractivity contribution in [3.8, 4) is 0 Å². The van der Waals surface area contributed by atoms with Crippen molar-refractivity contribution in [3.63, 3.8) is 0 Å². The predicted octanol–water partition coefficient (Wildman–Crippen LogP) is 4.24. The van der Waals surface area contributed by atoms with Crippen molar-refractivity contribution < 1.29 is 0 Å². The van der Waals surface area contributed by atoms with Crippen LogP contribution in [-0.2, 0) is 0 Å². The van der Waals surface area contributed by atoms with E-state index < -0.39 is 0 Å². The second-order valence-corrected chi connectivity index (χ2v) is 6.16. The Morgan fingerprint density at radius 3 is 2.35 bits per heavy atom. The lowest BCUT2D eigenvalue weighted by atomic mass is 9.97. The first-order valence-electron chi connectivity index (χ1n) is 6.59. The molecule has 0 radical (unpaired) electrons. The van der Waals surface area contributed by atoms with E-state index in [1.54, 1.807) is 0 Å². The molecular weight excluding hydrogens is 226 g/mol. The highest BCUT2D eigenvalue weighted by molar-refractivity contribution is 7.99. The van der Waals surface area contributed by atoms with Gasteiger partial charge in [-0.05, 0) is 23.7 Å². The summed E-state index contributed by atoms with van der Waals surface area (Å²) in [6, 6.07) is 10.6.